The predicted octanol–water partition coefficient (Wildman–Crippen LogP) is 4.54. The fourth-order valence-electron chi connectivity index (χ4n) is 3.52. The van der Waals surface area contributed by atoms with E-state index in [0.29, 0.717) is 6.54 Å². The Balaban J connectivity index is 1.68. The Bertz CT molecular complexity index is 884. The van der Waals surface area contributed by atoms with E-state index in [1.165, 1.54) is 12.8 Å². The van der Waals surface area contributed by atoms with Gasteiger partial charge in [0.15, 0.2) is 17.3 Å². The fourth-order valence-corrected chi connectivity index (χ4v) is 3.52. The number of benzene rings is 1. The van der Waals surface area contributed by atoms with E-state index in [2.05, 4.69) is 25.9 Å². The van der Waals surface area contributed by atoms with Crippen LogP contribution in [0.1, 0.15) is 31.2 Å². The van der Waals surface area contributed by atoms with Crippen LogP contribution in [0.2, 0.25) is 0 Å². The number of hydrogen-bond donors (Lipinski definition) is 0. The molecule has 1 aliphatic rings. The minimum absolute atomic E-state index is 0.257. The molecule has 0 spiro atoms. The molecule has 0 radical (unpaired) electrons. The molecule has 0 amide bonds. The van der Waals surface area contributed by atoms with Gasteiger partial charge >= 0.3 is 0 Å². The lowest BCUT2D eigenvalue weighted by atomic mass is 10.2. The molecule has 0 saturated heterocycles. The highest BCUT2D eigenvalue weighted by Crippen LogP contribution is 2.37. The van der Waals surface area contributed by atoms with E-state index in [-0.39, 0.29) is 6.10 Å². The molecule has 2 heterocycles. The summed E-state index contributed by atoms with van der Waals surface area (Å²) in [5.74, 6) is 2.28. The number of nitrogens with zero attached hydrogens (tertiary/aromatic N) is 4. The summed E-state index contributed by atoms with van der Waals surface area (Å²) in [4.78, 5) is 15.1. The van der Waals surface area contributed by atoms with Crippen LogP contribution < -0.4 is 14.4 Å². The quantitative estimate of drug-likeness (QED) is 0.603. The van der Waals surface area contributed by atoms with Crippen molar-refractivity contribution in [3.05, 3.63) is 66.9 Å². The van der Waals surface area contributed by atoms with Crippen molar-refractivity contribution in [1.82, 2.24) is 15.0 Å². The molecule has 1 aliphatic carbocycles. The first-order valence-electron chi connectivity index (χ1n) is 9.60. The Labute approximate surface area is 165 Å². The van der Waals surface area contributed by atoms with E-state index < -0.39 is 0 Å². The monoisotopic (exact) mass is 376 g/mol. The summed E-state index contributed by atoms with van der Waals surface area (Å²) in [6.45, 7) is 0.627. The fraction of sp³-hybridized carbons (Fsp3) is 0.318. The van der Waals surface area contributed by atoms with E-state index in [1.807, 2.05) is 30.5 Å². The van der Waals surface area contributed by atoms with Gasteiger partial charge < -0.3 is 14.4 Å². The standard InChI is InChI=1S/C22H24N4O2/c1-27-20-9-8-18(13-21(20)28-19-6-2-3-7-19)26(22-15-24-11-12-25-22)16-17-5-4-10-23-14-17/h4-5,8-15,19H,2-3,6-7,16H2,1H3. The van der Waals surface area contributed by atoms with Gasteiger partial charge in [-0.1, -0.05) is 6.07 Å². The van der Waals surface area contributed by atoms with Crippen LogP contribution in [-0.4, -0.2) is 28.2 Å². The molecule has 1 saturated carbocycles. The largest absolute Gasteiger partial charge is 0.493 e. The number of hydrogen-bond acceptors (Lipinski definition) is 6. The van der Waals surface area contributed by atoms with Crippen LogP contribution in [0.3, 0.4) is 0 Å². The molecule has 0 bridgehead atoms. The zero-order chi connectivity index (χ0) is 19.2. The second kappa shape index (κ2) is 8.69. The van der Waals surface area contributed by atoms with Gasteiger partial charge in [0.25, 0.3) is 0 Å². The van der Waals surface area contributed by atoms with E-state index in [4.69, 9.17) is 9.47 Å². The molecule has 0 aliphatic heterocycles. The van der Waals surface area contributed by atoms with Gasteiger partial charge in [-0.3, -0.25) is 9.97 Å². The average Bonchev–Trinajstić information content (AvgIpc) is 3.26. The first-order chi connectivity index (χ1) is 13.8. The molecule has 28 heavy (non-hydrogen) atoms. The third-order valence-electron chi connectivity index (χ3n) is 4.94. The number of ether oxygens (including phenoxy) is 2. The zero-order valence-electron chi connectivity index (χ0n) is 16.0. The summed E-state index contributed by atoms with van der Waals surface area (Å²) < 4.78 is 11.8. The predicted molar refractivity (Wildman–Crippen MR) is 108 cm³/mol. The second-order valence-corrected chi connectivity index (χ2v) is 6.87. The Morgan fingerprint density at radius 3 is 2.57 bits per heavy atom. The van der Waals surface area contributed by atoms with Gasteiger partial charge in [-0.2, -0.15) is 0 Å². The first-order valence-corrected chi connectivity index (χ1v) is 9.60. The Hall–Kier alpha value is -3.15. The van der Waals surface area contributed by atoms with Crippen LogP contribution in [0.15, 0.2) is 61.3 Å². The molecule has 144 valence electrons. The van der Waals surface area contributed by atoms with E-state index in [0.717, 1.165) is 41.4 Å². The number of methoxy groups -OCH3 is 1. The summed E-state index contributed by atoms with van der Waals surface area (Å²) in [7, 11) is 1.67. The summed E-state index contributed by atoms with van der Waals surface area (Å²) in [6.07, 6.45) is 13.7. The molecule has 0 N–H and O–H groups in total. The summed E-state index contributed by atoms with van der Waals surface area (Å²) in [6, 6.07) is 9.99. The number of rotatable bonds is 7. The van der Waals surface area contributed by atoms with Crippen molar-refractivity contribution in [2.45, 2.75) is 38.3 Å². The molecule has 6 nitrogen and oxygen atoms in total. The van der Waals surface area contributed by atoms with Crippen molar-refractivity contribution in [3.8, 4) is 11.5 Å². The number of anilines is 2. The van der Waals surface area contributed by atoms with Gasteiger partial charge in [-0.25, -0.2) is 4.98 Å². The maximum absolute atomic E-state index is 6.27. The van der Waals surface area contributed by atoms with Gasteiger partial charge in [0.05, 0.1) is 26.0 Å². The molecule has 4 rings (SSSR count). The van der Waals surface area contributed by atoms with Crippen molar-refractivity contribution >= 4 is 11.5 Å². The lowest BCUT2D eigenvalue weighted by Crippen LogP contribution is -2.18. The normalized spacial score (nSPS) is 14.0. The SMILES string of the molecule is COc1ccc(N(Cc2cccnc2)c2cnccn2)cc1OC1CCCC1. The van der Waals surface area contributed by atoms with Crippen LogP contribution in [0.4, 0.5) is 11.5 Å². The highest BCUT2D eigenvalue weighted by atomic mass is 16.5. The molecule has 3 aromatic rings. The van der Waals surface area contributed by atoms with Crippen LogP contribution in [0.5, 0.6) is 11.5 Å². The maximum atomic E-state index is 6.27. The summed E-state index contributed by atoms with van der Waals surface area (Å²) in [5.41, 5.74) is 2.06. The minimum atomic E-state index is 0.257. The van der Waals surface area contributed by atoms with Gasteiger partial charge in [0.1, 0.15) is 0 Å². The lowest BCUT2D eigenvalue weighted by Gasteiger charge is -2.25. The third-order valence-corrected chi connectivity index (χ3v) is 4.94. The average molecular weight is 376 g/mol. The van der Waals surface area contributed by atoms with Crippen LogP contribution in [-0.2, 0) is 6.54 Å². The van der Waals surface area contributed by atoms with Crippen LogP contribution in [0, 0.1) is 0 Å². The molecular weight excluding hydrogens is 352 g/mol. The van der Waals surface area contributed by atoms with E-state index >= 15 is 0 Å². The lowest BCUT2D eigenvalue weighted by molar-refractivity contribution is 0.201. The zero-order valence-corrected chi connectivity index (χ0v) is 16.0. The van der Waals surface area contributed by atoms with Gasteiger partial charge in [-0.05, 0) is 49.4 Å². The van der Waals surface area contributed by atoms with E-state index in [9.17, 15) is 0 Å². The first kappa shape index (κ1) is 18.2. The second-order valence-electron chi connectivity index (χ2n) is 6.87. The topological polar surface area (TPSA) is 60.4 Å². The van der Waals surface area contributed by atoms with E-state index in [1.54, 1.807) is 31.9 Å². The molecule has 6 heteroatoms. The van der Waals surface area contributed by atoms with Crippen molar-refractivity contribution in [2.24, 2.45) is 0 Å². The number of aromatic nitrogens is 3. The third kappa shape index (κ3) is 4.22. The van der Waals surface area contributed by atoms with Crippen molar-refractivity contribution in [1.29, 1.82) is 0 Å². The highest BCUT2D eigenvalue weighted by Gasteiger charge is 2.20. The molecule has 1 fully saturated rings. The Morgan fingerprint density at radius 2 is 1.86 bits per heavy atom. The summed E-state index contributed by atoms with van der Waals surface area (Å²) >= 11 is 0. The molecule has 0 unspecified atom stereocenters. The van der Waals surface area contributed by atoms with Crippen molar-refractivity contribution < 1.29 is 9.47 Å². The Kier molecular flexibility index (Phi) is 5.66. The van der Waals surface area contributed by atoms with Crippen molar-refractivity contribution in [2.75, 3.05) is 12.0 Å². The van der Waals surface area contributed by atoms with Crippen LogP contribution >= 0.6 is 0 Å². The smallest absolute Gasteiger partial charge is 0.163 e. The molecule has 1 aromatic carbocycles. The summed E-state index contributed by atoms with van der Waals surface area (Å²) in [5, 5.41) is 0. The minimum Gasteiger partial charge on any atom is -0.493 e. The van der Waals surface area contributed by atoms with Gasteiger partial charge in [0.2, 0.25) is 0 Å². The van der Waals surface area contributed by atoms with Crippen LogP contribution in [0.25, 0.3) is 0 Å². The molecule has 0 atom stereocenters. The number of pyridine rings is 1. The Morgan fingerprint density at radius 1 is 1.00 bits per heavy atom. The highest BCUT2D eigenvalue weighted by molar-refractivity contribution is 5.64. The van der Waals surface area contributed by atoms with Gasteiger partial charge in [0, 0.05) is 36.5 Å². The maximum Gasteiger partial charge on any atom is 0.163 e. The molecule has 2 aromatic heterocycles. The molecular formula is C22H24N4O2. The van der Waals surface area contributed by atoms with Gasteiger partial charge in [-0.15, -0.1) is 0 Å². The van der Waals surface area contributed by atoms with Crippen molar-refractivity contribution in [3.63, 3.8) is 0 Å².